The molecule has 41 heavy (non-hydrogen) atoms. The fourth-order valence-electron chi connectivity index (χ4n) is 5.94. The van der Waals surface area contributed by atoms with E-state index in [-0.39, 0.29) is 0 Å². The molecule has 0 unspecified atom stereocenters. The van der Waals surface area contributed by atoms with Crippen molar-refractivity contribution in [1.29, 1.82) is 0 Å². The third-order valence-electron chi connectivity index (χ3n) is 7.73. The van der Waals surface area contributed by atoms with E-state index >= 15 is 0 Å². The summed E-state index contributed by atoms with van der Waals surface area (Å²) in [7, 11) is 0. The van der Waals surface area contributed by atoms with Gasteiger partial charge in [-0.2, -0.15) is 11.3 Å². The molecule has 0 amide bonds. The molecule has 0 aliphatic rings. The Hall–Kier alpha value is -4.98. The average Bonchev–Trinajstić information content (AvgIpc) is 3.66. The van der Waals surface area contributed by atoms with E-state index < -0.39 is 0 Å². The first-order valence-corrected chi connectivity index (χ1v) is 14.9. The highest BCUT2D eigenvalue weighted by Crippen LogP contribution is 2.35. The summed E-state index contributed by atoms with van der Waals surface area (Å²) in [5.41, 5.74) is 0. The fraction of sp³-hybridized carbons (Fsp3) is 0. The van der Waals surface area contributed by atoms with E-state index in [9.17, 15) is 0 Å². The molecule has 0 atom stereocenters. The van der Waals surface area contributed by atoms with Gasteiger partial charge >= 0.3 is 0 Å². The molecule has 8 aromatic carbocycles. The summed E-state index contributed by atoms with van der Waals surface area (Å²) in [4.78, 5) is 0. The van der Waals surface area contributed by atoms with Crippen LogP contribution in [0.5, 0.6) is 0 Å². The number of rotatable bonds is 0. The molecule has 9 rings (SSSR count). The molecular weight excluding hydrogens is 513 g/mol. The summed E-state index contributed by atoms with van der Waals surface area (Å²) >= 11 is 1.71. The van der Waals surface area contributed by atoms with Gasteiger partial charge in [-0.05, 0) is 75.4 Å². The quantitative estimate of drug-likeness (QED) is 0.168. The minimum atomic E-state index is 1.34. The SMILES string of the molecule is c1ccc2c(c1)c1ccccc1c1ccccc21.c1ccc2c(c1)c1ccccc1c1ccccc21.c1ccsc1. The van der Waals surface area contributed by atoms with Crippen molar-refractivity contribution in [3.8, 4) is 0 Å². The minimum Gasteiger partial charge on any atom is -0.152 e. The number of fused-ring (bicyclic) bond motifs is 12. The predicted molar refractivity (Wildman–Crippen MR) is 182 cm³/mol. The molecule has 0 radical (unpaired) electrons. The van der Waals surface area contributed by atoms with E-state index in [0.29, 0.717) is 0 Å². The van der Waals surface area contributed by atoms with Crippen LogP contribution in [0.2, 0.25) is 0 Å². The van der Waals surface area contributed by atoms with Gasteiger partial charge < -0.3 is 0 Å². The molecule has 0 spiro atoms. The highest BCUT2D eigenvalue weighted by atomic mass is 32.1. The molecule has 194 valence electrons. The van der Waals surface area contributed by atoms with E-state index in [4.69, 9.17) is 0 Å². The Morgan fingerprint density at radius 1 is 0.195 bits per heavy atom. The summed E-state index contributed by atoms with van der Waals surface area (Å²) < 4.78 is 0. The highest BCUT2D eigenvalue weighted by Gasteiger charge is 2.07. The number of benzene rings is 8. The zero-order valence-electron chi connectivity index (χ0n) is 22.6. The lowest BCUT2D eigenvalue weighted by Gasteiger charge is -2.09. The number of hydrogen-bond acceptors (Lipinski definition) is 1. The van der Waals surface area contributed by atoms with Gasteiger partial charge in [0, 0.05) is 0 Å². The van der Waals surface area contributed by atoms with Crippen molar-refractivity contribution in [3.05, 3.63) is 168 Å². The van der Waals surface area contributed by atoms with Crippen LogP contribution in [-0.2, 0) is 0 Å². The Kier molecular flexibility index (Phi) is 6.87. The van der Waals surface area contributed by atoms with Crippen LogP contribution in [-0.4, -0.2) is 0 Å². The summed E-state index contributed by atoms with van der Waals surface area (Å²) in [6.07, 6.45) is 0. The van der Waals surface area contributed by atoms with Crippen molar-refractivity contribution >= 4 is 76.0 Å². The molecule has 1 aromatic heterocycles. The van der Waals surface area contributed by atoms with Crippen LogP contribution in [0.15, 0.2) is 168 Å². The normalized spacial score (nSPS) is 10.9. The zero-order chi connectivity index (χ0) is 27.4. The third kappa shape index (κ3) is 4.71. The molecule has 1 heteroatoms. The van der Waals surface area contributed by atoms with Crippen molar-refractivity contribution in [2.45, 2.75) is 0 Å². The van der Waals surface area contributed by atoms with Gasteiger partial charge in [0.05, 0.1) is 0 Å². The Morgan fingerprint density at radius 2 is 0.341 bits per heavy atom. The molecule has 0 N–H and O–H groups in total. The molecule has 1 heterocycles. The maximum atomic E-state index is 2.21. The Labute approximate surface area is 243 Å². The molecule has 9 aromatic rings. The summed E-state index contributed by atoms with van der Waals surface area (Å²) in [5.74, 6) is 0. The first-order chi connectivity index (χ1) is 20.4. The predicted octanol–water partition coefficient (Wildman–Crippen LogP) is 12.0. The van der Waals surface area contributed by atoms with Crippen LogP contribution in [0.4, 0.5) is 0 Å². The second-order valence-corrected chi connectivity index (χ2v) is 10.9. The Bertz CT molecular complexity index is 1650. The van der Waals surface area contributed by atoms with Crippen LogP contribution in [0.3, 0.4) is 0 Å². The van der Waals surface area contributed by atoms with Gasteiger partial charge in [-0.25, -0.2) is 0 Å². The Morgan fingerprint density at radius 3 is 0.439 bits per heavy atom. The molecule has 0 aliphatic carbocycles. The van der Waals surface area contributed by atoms with Gasteiger partial charge in [0.15, 0.2) is 0 Å². The van der Waals surface area contributed by atoms with Gasteiger partial charge in [-0.3, -0.25) is 0 Å². The van der Waals surface area contributed by atoms with Crippen molar-refractivity contribution in [2.75, 3.05) is 0 Å². The lowest BCUT2D eigenvalue weighted by Crippen LogP contribution is -1.81. The third-order valence-corrected chi connectivity index (χ3v) is 8.36. The summed E-state index contributed by atoms with van der Waals surface area (Å²) in [6.45, 7) is 0. The minimum absolute atomic E-state index is 1.34. The van der Waals surface area contributed by atoms with E-state index in [1.165, 1.54) is 64.6 Å². The molecule has 0 saturated carbocycles. The molecule has 0 aliphatic heterocycles. The van der Waals surface area contributed by atoms with Crippen molar-refractivity contribution < 1.29 is 0 Å². The van der Waals surface area contributed by atoms with E-state index in [1.54, 1.807) is 11.3 Å². The highest BCUT2D eigenvalue weighted by molar-refractivity contribution is 7.07. The fourth-order valence-corrected chi connectivity index (χ4v) is 6.40. The Balaban J connectivity index is 0.000000115. The van der Waals surface area contributed by atoms with Crippen molar-refractivity contribution in [1.82, 2.24) is 0 Å². The van der Waals surface area contributed by atoms with Crippen LogP contribution in [0.25, 0.3) is 64.6 Å². The summed E-state index contributed by atoms with van der Waals surface area (Å²) in [6, 6.07) is 56.0. The van der Waals surface area contributed by atoms with Crippen LogP contribution in [0.1, 0.15) is 0 Å². The van der Waals surface area contributed by atoms with Crippen molar-refractivity contribution in [3.63, 3.8) is 0 Å². The van der Waals surface area contributed by atoms with Crippen LogP contribution in [0, 0.1) is 0 Å². The standard InChI is InChI=1S/2C18H12.C4H4S/c2*1-2-8-14-13(7-1)15-9-3-4-11-17(15)18-12-6-5-10-16(14)18;1-2-4-5-3-1/h2*1-12H;1-4H. The van der Waals surface area contributed by atoms with Crippen LogP contribution < -0.4 is 0 Å². The van der Waals surface area contributed by atoms with Crippen molar-refractivity contribution in [2.24, 2.45) is 0 Å². The summed E-state index contributed by atoms with van der Waals surface area (Å²) in [5, 5.41) is 20.2. The lowest BCUT2D eigenvalue weighted by molar-refractivity contribution is 1.77. The zero-order valence-corrected chi connectivity index (χ0v) is 23.4. The second kappa shape index (κ2) is 11.3. The van der Waals surface area contributed by atoms with E-state index in [1.807, 2.05) is 22.9 Å². The molecule has 0 saturated heterocycles. The first kappa shape index (κ1) is 25.0. The number of thiophene rings is 1. The largest absolute Gasteiger partial charge is 0.152 e. The second-order valence-electron chi connectivity index (χ2n) is 10.1. The maximum Gasteiger partial charge on any atom is -0.00934 e. The van der Waals surface area contributed by atoms with Gasteiger partial charge in [-0.1, -0.05) is 158 Å². The molecule has 0 nitrogen and oxygen atoms in total. The molecule has 0 fully saturated rings. The maximum absolute atomic E-state index is 2.21. The van der Waals surface area contributed by atoms with Gasteiger partial charge in [-0.15, -0.1) is 0 Å². The van der Waals surface area contributed by atoms with Crippen LogP contribution >= 0.6 is 11.3 Å². The van der Waals surface area contributed by atoms with Gasteiger partial charge in [0.1, 0.15) is 0 Å². The topological polar surface area (TPSA) is 0 Å². The smallest absolute Gasteiger partial charge is 0.00934 e. The van der Waals surface area contributed by atoms with E-state index in [2.05, 4.69) is 146 Å². The molecular formula is C40H28S. The van der Waals surface area contributed by atoms with E-state index in [0.717, 1.165) is 0 Å². The molecule has 0 bridgehead atoms. The lowest BCUT2D eigenvalue weighted by atomic mass is 9.95. The van der Waals surface area contributed by atoms with Gasteiger partial charge in [0.2, 0.25) is 0 Å². The average molecular weight is 541 g/mol. The number of hydrogen-bond donors (Lipinski definition) is 0. The van der Waals surface area contributed by atoms with Gasteiger partial charge in [0.25, 0.3) is 0 Å². The monoisotopic (exact) mass is 540 g/mol. The first-order valence-electron chi connectivity index (χ1n) is 13.9.